The summed E-state index contributed by atoms with van der Waals surface area (Å²) in [5.41, 5.74) is 1.56. The lowest BCUT2D eigenvalue weighted by molar-refractivity contribution is -0.137. The van der Waals surface area contributed by atoms with Crippen molar-refractivity contribution in [2.24, 2.45) is 0 Å². The first-order valence-corrected chi connectivity index (χ1v) is 5.43. The lowest BCUT2D eigenvalue weighted by Crippen LogP contribution is -2.33. The van der Waals surface area contributed by atoms with E-state index in [2.05, 4.69) is 5.32 Å². The summed E-state index contributed by atoms with van der Waals surface area (Å²) >= 11 is 0. The van der Waals surface area contributed by atoms with Crippen molar-refractivity contribution in [1.82, 2.24) is 5.32 Å². The van der Waals surface area contributed by atoms with Gasteiger partial charge in [-0.2, -0.15) is 13.2 Å². The molecule has 0 bridgehead atoms. The Morgan fingerprint density at radius 1 is 1.19 bits per heavy atom. The highest BCUT2D eigenvalue weighted by Gasteiger charge is 2.47. The Hall–Kier alpha value is -1.03. The molecule has 1 heterocycles. The lowest BCUT2D eigenvalue weighted by atomic mass is 9.87. The van der Waals surface area contributed by atoms with Crippen molar-refractivity contribution in [3.8, 4) is 0 Å². The summed E-state index contributed by atoms with van der Waals surface area (Å²) in [4.78, 5) is 0. The van der Waals surface area contributed by atoms with Crippen molar-refractivity contribution in [2.75, 3.05) is 6.54 Å². The van der Waals surface area contributed by atoms with Crippen molar-refractivity contribution >= 4 is 0 Å². The fraction of sp³-hybridized carbons (Fsp3) is 0.500. The number of hydrogen-bond acceptors (Lipinski definition) is 1. The van der Waals surface area contributed by atoms with Crippen molar-refractivity contribution in [1.29, 1.82) is 0 Å². The average Bonchev–Trinajstić information content (AvgIpc) is 2.97. The monoisotopic (exact) mass is 227 g/mol. The molecule has 0 amide bonds. The molecule has 4 heteroatoms. The van der Waals surface area contributed by atoms with E-state index >= 15 is 0 Å². The second kappa shape index (κ2) is 3.00. The maximum absolute atomic E-state index is 12.5. The number of benzene rings is 1. The van der Waals surface area contributed by atoms with E-state index in [1.165, 1.54) is 12.1 Å². The summed E-state index contributed by atoms with van der Waals surface area (Å²) in [6.45, 7) is 1.46. The summed E-state index contributed by atoms with van der Waals surface area (Å²) in [5, 5.41) is 3.21. The minimum absolute atomic E-state index is 0.151. The van der Waals surface area contributed by atoms with Crippen LogP contribution >= 0.6 is 0 Å². The number of hydrogen-bond donors (Lipinski definition) is 1. The summed E-state index contributed by atoms with van der Waals surface area (Å²) in [6.07, 6.45) is -2.04. The molecule has 0 saturated heterocycles. The second-order valence-electron chi connectivity index (χ2n) is 4.75. The average molecular weight is 227 g/mol. The van der Waals surface area contributed by atoms with Crippen LogP contribution in [0.2, 0.25) is 0 Å². The van der Waals surface area contributed by atoms with Gasteiger partial charge in [-0.15, -0.1) is 0 Å². The molecule has 86 valence electrons. The molecule has 3 rings (SSSR count). The third kappa shape index (κ3) is 1.44. The Morgan fingerprint density at radius 3 is 2.56 bits per heavy atom. The Kier molecular flexibility index (Phi) is 1.90. The van der Waals surface area contributed by atoms with Crippen molar-refractivity contribution in [3.63, 3.8) is 0 Å². The van der Waals surface area contributed by atoms with Gasteiger partial charge in [-0.1, -0.05) is 6.07 Å². The number of nitrogens with one attached hydrogen (secondary N) is 1. The maximum atomic E-state index is 12.5. The van der Waals surface area contributed by atoms with Gasteiger partial charge in [0.15, 0.2) is 0 Å². The molecule has 1 spiro atoms. The Balaban J connectivity index is 2.06. The highest BCUT2D eigenvalue weighted by atomic mass is 19.4. The molecule has 0 radical (unpaired) electrons. The van der Waals surface area contributed by atoms with Crippen LogP contribution in [0.3, 0.4) is 0 Å². The molecular formula is C12H12F3N. The Labute approximate surface area is 91.7 Å². The SMILES string of the molecule is FC(F)(F)c1ccc2c(c1)CNCC21CC1. The topological polar surface area (TPSA) is 12.0 Å². The van der Waals surface area contributed by atoms with Gasteiger partial charge in [0.05, 0.1) is 5.56 Å². The van der Waals surface area contributed by atoms with E-state index < -0.39 is 11.7 Å². The molecule has 1 N–H and O–H groups in total. The molecule has 16 heavy (non-hydrogen) atoms. The zero-order chi connectivity index (χ0) is 11.4. The molecule has 1 aromatic carbocycles. The fourth-order valence-electron chi connectivity index (χ4n) is 2.56. The van der Waals surface area contributed by atoms with E-state index in [-0.39, 0.29) is 5.41 Å². The first-order chi connectivity index (χ1) is 7.51. The molecule has 1 nitrogen and oxygen atoms in total. The Morgan fingerprint density at radius 2 is 1.94 bits per heavy atom. The van der Waals surface area contributed by atoms with Crippen LogP contribution in [0.4, 0.5) is 13.2 Å². The van der Waals surface area contributed by atoms with Crippen LogP contribution < -0.4 is 5.32 Å². The molecule has 1 aliphatic heterocycles. The normalized spacial score (nSPS) is 21.9. The Bertz CT molecular complexity index is 432. The predicted molar refractivity (Wildman–Crippen MR) is 54.1 cm³/mol. The van der Waals surface area contributed by atoms with Crippen LogP contribution in [0, 0.1) is 0 Å². The van der Waals surface area contributed by atoms with Gasteiger partial charge in [-0.3, -0.25) is 0 Å². The van der Waals surface area contributed by atoms with Crippen LogP contribution in [-0.2, 0) is 18.1 Å². The van der Waals surface area contributed by atoms with Crippen molar-refractivity contribution in [3.05, 3.63) is 34.9 Å². The third-order valence-corrected chi connectivity index (χ3v) is 3.64. The first kappa shape index (κ1) is 10.1. The largest absolute Gasteiger partial charge is 0.416 e. The third-order valence-electron chi connectivity index (χ3n) is 3.64. The molecule has 0 unspecified atom stereocenters. The number of halogens is 3. The molecular weight excluding hydrogens is 215 g/mol. The molecule has 0 atom stereocenters. The standard InChI is InChI=1S/C12H12F3N/c13-12(14,15)9-1-2-10-8(5-9)6-16-7-11(10)3-4-11/h1-2,5,16H,3-4,6-7H2. The molecule has 1 fully saturated rings. The summed E-state index contributed by atoms with van der Waals surface area (Å²) < 4.78 is 37.6. The van der Waals surface area contributed by atoms with Gasteiger partial charge in [-0.05, 0) is 36.1 Å². The van der Waals surface area contributed by atoms with E-state index in [1.807, 2.05) is 0 Å². The van der Waals surface area contributed by atoms with Crippen LogP contribution in [0.1, 0.15) is 29.5 Å². The minimum atomic E-state index is -4.23. The predicted octanol–water partition coefficient (Wildman–Crippen LogP) is 2.84. The molecule has 1 aliphatic carbocycles. The lowest BCUT2D eigenvalue weighted by Gasteiger charge is -2.27. The molecule has 2 aliphatic rings. The van der Waals surface area contributed by atoms with E-state index in [4.69, 9.17) is 0 Å². The zero-order valence-electron chi connectivity index (χ0n) is 8.69. The maximum Gasteiger partial charge on any atom is 0.416 e. The van der Waals surface area contributed by atoms with E-state index in [0.717, 1.165) is 30.5 Å². The second-order valence-corrected chi connectivity index (χ2v) is 4.75. The van der Waals surface area contributed by atoms with Crippen LogP contribution in [0.5, 0.6) is 0 Å². The van der Waals surface area contributed by atoms with Crippen molar-refractivity contribution in [2.45, 2.75) is 31.0 Å². The highest BCUT2D eigenvalue weighted by Crippen LogP contribution is 2.51. The first-order valence-electron chi connectivity index (χ1n) is 5.43. The summed E-state index contributed by atoms with van der Waals surface area (Å²) in [7, 11) is 0. The van der Waals surface area contributed by atoms with Crippen LogP contribution in [0.15, 0.2) is 18.2 Å². The zero-order valence-corrected chi connectivity index (χ0v) is 8.69. The van der Waals surface area contributed by atoms with Gasteiger partial charge in [0, 0.05) is 18.5 Å². The van der Waals surface area contributed by atoms with E-state index in [1.54, 1.807) is 6.07 Å². The van der Waals surface area contributed by atoms with Gasteiger partial charge >= 0.3 is 6.18 Å². The van der Waals surface area contributed by atoms with E-state index in [9.17, 15) is 13.2 Å². The molecule has 1 aromatic rings. The van der Waals surface area contributed by atoms with Gasteiger partial charge in [0.1, 0.15) is 0 Å². The number of fused-ring (bicyclic) bond motifs is 2. The fourth-order valence-corrected chi connectivity index (χ4v) is 2.56. The quantitative estimate of drug-likeness (QED) is 0.718. The number of alkyl halides is 3. The molecule has 0 aromatic heterocycles. The van der Waals surface area contributed by atoms with Crippen molar-refractivity contribution < 1.29 is 13.2 Å². The van der Waals surface area contributed by atoms with Gasteiger partial charge < -0.3 is 5.32 Å². The molecule has 1 saturated carbocycles. The number of rotatable bonds is 0. The van der Waals surface area contributed by atoms with Crippen LogP contribution in [-0.4, -0.2) is 6.54 Å². The van der Waals surface area contributed by atoms with Gasteiger partial charge in [-0.25, -0.2) is 0 Å². The van der Waals surface area contributed by atoms with Crippen LogP contribution in [0.25, 0.3) is 0 Å². The summed E-state index contributed by atoms with van der Waals surface area (Å²) in [6, 6.07) is 4.18. The van der Waals surface area contributed by atoms with Gasteiger partial charge in [0.25, 0.3) is 0 Å². The minimum Gasteiger partial charge on any atom is -0.312 e. The van der Waals surface area contributed by atoms with Gasteiger partial charge in [0.2, 0.25) is 0 Å². The van der Waals surface area contributed by atoms with E-state index in [0.29, 0.717) is 6.54 Å². The summed E-state index contributed by atoms with van der Waals surface area (Å²) in [5.74, 6) is 0. The smallest absolute Gasteiger partial charge is 0.312 e. The highest BCUT2D eigenvalue weighted by molar-refractivity contribution is 5.43.